The minimum absolute atomic E-state index is 0.178. The van der Waals surface area contributed by atoms with Gasteiger partial charge in [0.1, 0.15) is 6.17 Å². The van der Waals surface area contributed by atoms with Crippen LogP contribution >= 0.6 is 0 Å². The second-order valence-electron chi connectivity index (χ2n) is 6.17. The van der Waals surface area contributed by atoms with E-state index in [0.29, 0.717) is 17.2 Å². The van der Waals surface area contributed by atoms with Gasteiger partial charge in [0.2, 0.25) is 5.75 Å². The molecule has 1 atom stereocenters. The van der Waals surface area contributed by atoms with Crippen molar-refractivity contribution in [3.63, 3.8) is 0 Å². The summed E-state index contributed by atoms with van der Waals surface area (Å²) < 4.78 is 18.5. The van der Waals surface area contributed by atoms with Crippen LogP contribution in [0.4, 0.5) is 5.69 Å². The van der Waals surface area contributed by atoms with Gasteiger partial charge in [-0.3, -0.25) is 0 Å². The van der Waals surface area contributed by atoms with E-state index in [1.807, 2.05) is 35.9 Å². The Labute approximate surface area is 152 Å². The van der Waals surface area contributed by atoms with E-state index in [9.17, 15) is 0 Å². The Kier molecular flexibility index (Phi) is 3.95. The molecule has 1 aliphatic heterocycles. The SMILES string of the molecule is COc1cc([C@@H]2Nc3ccccc3-c3cc(C)nn32)cc(OC)c1OC. The molecule has 0 aliphatic carbocycles. The van der Waals surface area contributed by atoms with Gasteiger partial charge in [0.15, 0.2) is 11.5 Å². The molecule has 3 aromatic rings. The number of methoxy groups -OCH3 is 3. The van der Waals surface area contributed by atoms with Crippen LogP contribution in [0.5, 0.6) is 17.2 Å². The van der Waals surface area contributed by atoms with Crippen molar-refractivity contribution in [1.29, 1.82) is 0 Å². The van der Waals surface area contributed by atoms with Gasteiger partial charge in [-0.15, -0.1) is 0 Å². The highest BCUT2D eigenvalue weighted by Crippen LogP contribution is 2.43. The van der Waals surface area contributed by atoms with Crippen LogP contribution in [0.15, 0.2) is 42.5 Å². The van der Waals surface area contributed by atoms with Crippen molar-refractivity contribution in [3.05, 3.63) is 53.7 Å². The summed E-state index contributed by atoms with van der Waals surface area (Å²) in [5.74, 6) is 1.81. The Hall–Kier alpha value is -3.15. The first-order valence-corrected chi connectivity index (χ1v) is 8.38. The number of ether oxygens (including phenoxy) is 3. The van der Waals surface area contributed by atoms with Crippen molar-refractivity contribution in [2.75, 3.05) is 26.6 Å². The molecule has 26 heavy (non-hydrogen) atoms. The fraction of sp³-hybridized carbons (Fsp3) is 0.250. The van der Waals surface area contributed by atoms with E-state index in [-0.39, 0.29) is 6.17 Å². The van der Waals surface area contributed by atoms with Crippen LogP contribution < -0.4 is 19.5 Å². The first-order valence-electron chi connectivity index (χ1n) is 8.38. The maximum absolute atomic E-state index is 5.51. The molecule has 2 heterocycles. The third-order valence-electron chi connectivity index (χ3n) is 4.60. The van der Waals surface area contributed by atoms with Gasteiger partial charge in [0.25, 0.3) is 0 Å². The second kappa shape index (κ2) is 6.29. The number of nitrogens with zero attached hydrogens (tertiary/aromatic N) is 2. The predicted molar refractivity (Wildman–Crippen MR) is 100 cm³/mol. The largest absolute Gasteiger partial charge is 0.493 e. The van der Waals surface area contributed by atoms with Crippen molar-refractivity contribution in [2.45, 2.75) is 13.1 Å². The van der Waals surface area contributed by atoms with E-state index in [0.717, 1.165) is 28.2 Å². The van der Waals surface area contributed by atoms with Crippen LogP contribution in [0.1, 0.15) is 17.4 Å². The van der Waals surface area contributed by atoms with Gasteiger partial charge in [-0.2, -0.15) is 5.10 Å². The molecule has 1 aromatic heterocycles. The Bertz CT molecular complexity index is 940. The summed E-state index contributed by atoms with van der Waals surface area (Å²) in [5.41, 5.74) is 5.22. The predicted octanol–water partition coefficient (Wildman–Crippen LogP) is 3.86. The van der Waals surface area contributed by atoms with E-state index in [2.05, 4.69) is 23.5 Å². The number of nitrogens with one attached hydrogen (secondary N) is 1. The zero-order valence-corrected chi connectivity index (χ0v) is 15.2. The highest BCUT2D eigenvalue weighted by Gasteiger charge is 2.28. The standard InChI is InChI=1S/C20H21N3O3/c1-12-9-16-14-7-5-6-8-15(14)21-20(23(16)22-12)13-10-17(24-2)19(26-4)18(11-13)25-3/h5-11,20-21H,1-4H3/t20-/m1/s1. The lowest BCUT2D eigenvalue weighted by atomic mass is 10.0. The average molecular weight is 351 g/mol. The van der Waals surface area contributed by atoms with E-state index >= 15 is 0 Å². The van der Waals surface area contributed by atoms with Crippen LogP contribution in [0, 0.1) is 6.92 Å². The molecule has 4 rings (SSSR count). The quantitative estimate of drug-likeness (QED) is 0.773. The molecule has 0 radical (unpaired) electrons. The second-order valence-corrected chi connectivity index (χ2v) is 6.17. The maximum Gasteiger partial charge on any atom is 0.203 e. The summed E-state index contributed by atoms with van der Waals surface area (Å²) >= 11 is 0. The molecule has 6 heteroatoms. The lowest BCUT2D eigenvalue weighted by Gasteiger charge is -2.30. The topological polar surface area (TPSA) is 57.5 Å². The lowest BCUT2D eigenvalue weighted by Crippen LogP contribution is -2.25. The summed E-state index contributed by atoms with van der Waals surface area (Å²) in [6.07, 6.45) is -0.178. The average Bonchev–Trinajstić information content (AvgIpc) is 3.07. The van der Waals surface area contributed by atoms with Gasteiger partial charge in [0, 0.05) is 16.8 Å². The summed E-state index contributed by atoms with van der Waals surface area (Å²) in [7, 11) is 4.84. The molecule has 1 aliphatic rings. The third-order valence-corrected chi connectivity index (χ3v) is 4.60. The number of fused-ring (bicyclic) bond motifs is 3. The number of aromatic nitrogens is 2. The number of aryl methyl sites for hydroxylation is 1. The summed E-state index contributed by atoms with van der Waals surface area (Å²) in [6.45, 7) is 2.00. The fourth-order valence-electron chi connectivity index (χ4n) is 3.44. The van der Waals surface area contributed by atoms with Gasteiger partial charge in [-0.25, -0.2) is 4.68 Å². The van der Waals surface area contributed by atoms with Gasteiger partial charge in [-0.05, 0) is 31.2 Å². The fourth-order valence-corrected chi connectivity index (χ4v) is 3.44. The number of hydrogen-bond donors (Lipinski definition) is 1. The van der Waals surface area contributed by atoms with Crippen LogP contribution in [0.25, 0.3) is 11.3 Å². The van der Waals surface area contributed by atoms with Crippen molar-refractivity contribution >= 4 is 5.69 Å². The van der Waals surface area contributed by atoms with Crippen LogP contribution in [-0.2, 0) is 0 Å². The minimum Gasteiger partial charge on any atom is -0.493 e. The maximum atomic E-state index is 5.51. The number of hydrogen-bond acceptors (Lipinski definition) is 5. The first-order chi connectivity index (χ1) is 12.7. The smallest absolute Gasteiger partial charge is 0.203 e. The summed E-state index contributed by atoms with van der Waals surface area (Å²) in [5, 5.41) is 8.27. The van der Waals surface area contributed by atoms with Crippen LogP contribution in [0.3, 0.4) is 0 Å². The Morgan fingerprint density at radius 3 is 2.31 bits per heavy atom. The zero-order chi connectivity index (χ0) is 18.3. The van der Waals surface area contributed by atoms with Crippen molar-refractivity contribution < 1.29 is 14.2 Å². The summed E-state index contributed by atoms with van der Waals surface area (Å²) in [4.78, 5) is 0. The number of benzene rings is 2. The number of anilines is 1. The number of rotatable bonds is 4. The Morgan fingerprint density at radius 2 is 1.65 bits per heavy atom. The van der Waals surface area contributed by atoms with Crippen LogP contribution in [-0.4, -0.2) is 31.1 Å². The molecule has 0 spiro atoms. The highest BCUT2D eigenvalue weighted by molar-refractivity contribution is 5.78. The molecule has 0 fully saturated rings. The third kappa shape index (κ3) is 2.45. The normalized spacial score (nSPS) is 14.8. The Balaban J connectivity index is 1.89. The molecule has 1 N–H and O–H groups in total. The molecule has 6 nitrogen and oxygen atoms in total. The zero-order valence-electron chi connectivity index (χ0n) is 15.2. The first kappa shape index (κ1) is 16.3. The van der Waals surface area contributed by atoms with E-state index < -0.39 is 0 Å². The molecule has 0 saturated carbocycles. The van der Waals surface area contributed by atoms with Crippen molar-refractivity contribution in [1.82, 2.24) is 9.78 Å². The van der Waals surface area contributed by atoms with E-state index in [4.69, 9.17) is 19.3 Å². The van der Waals surface area contributed by atoms with Gasteiger partial charge < -0.3 is 19.5 Å². The monoisotopic (exact) mass is 351 g/mol. The molecule has 0 unspecified atom stereocenters. The summed E-state index contributed by atoms with van der Waals surface area (Å²) in [6, 6.07) is 14.2. The van der Waals surface area contributed by atoms with Crippen LogP contribution in [0.2, 0.25) is 0 Å². The molecular weight excluding hydrogens is 330 g/mol. The minimum atomic E-state index is -0.178. The van der Waals surface area contributed by atoms with Crippen molar-refractivity contribution in [2.24, 2.45) is 0 Å². The molecule has 0 saturated heterocycles. The highest BCUT2D eigenvalue weighted by atomic mass is 16.5. The van der Waals surface area contributed by atoms with E-state index in [1.54, 1.807) is 21.3 Å². The van der Waals surface area contributed by atoms with Crippen molar-refractivity contribution in [3.8, 4) is 28.5 Å². The lowest BCUT2D eigenvalue weighted by molar-refractivity contribution is 0.323. The Morgan fingerprint density at radius 1 is 0.962 bits per heavy atom. The van der Waals surface area contributed by atoms with Gasteiger partial charge in [-0.1, -0.05) is 18.2 Å². The van der Waals surface area contributed by atoms with Gasteiger partial charge >= 0.3 is 0 Å². The molecule has 2 aromatic carbocycles. The molecular formula is C20H21N3O3. The molecule has 0 amide bonds. The van der Waals surface area contributed by atoms with E-state index in [1.165, 1.54) is 0 Å². The number of para-hydroxylation sites is 1. The van der Waals surface area contributed by atoms with Gasteiger partial charge in [0.05, 0.1) is 32.7 Å². The molecule has 134 valence electrons. The molecule has 0 bridgehead atoms.